The van der Waals surface area contributed by atoms with E-state index in [9.17, 15) is 0 Å². The van der Waals surface area contributed by atoms with Crippen LogP contribution in [0.2, 0.25) is 0 Å². The zero-order valence-corrected chi connectivity index (χ0v) is 12.1. The summed E-state index contributed by atoms with van der Waals surface area (Å²) in [5.41, 5.74) is 7.91. The van der Waals surface area contributed by atoms with Crippen LogP contribution in [0.15, 0.2) is 34.2 Å². The molecule has 0 amide bonds. The van der Waals surface area contributed by atoms with Crippen molar-refractivity contribution in [3.63, 3.8) is 0 Å². The summed E-state index contributed by atoms with van der Waals surface area (Å²) >= 11 is 1.50. The van der Waals surface area contributed by atoms with Crippen molar-refractivity contribution in [2.45, 2.75) is 30.9 Å². The fourth-order valence-electron chi connectivity index (χ4n) is 1.92. The van der Waals surface area contributed by atoms with E-state index in [0.717, 1.165) is 11.3 Å². The van der Waals surface area contributed by atoms with Gasteiger partial charge in [0.25, 0.3) is 5.22 Å². The van der Waals surface area contributed by atoms with Gasteiger partial charge in [-0.3, -0.25) is 0 Å². The number of rotatable bonds is 4. The smallest absolute Gasteiger partial charge is 0.257 e. The third-order valence-corrected chi connectivity index (χ3v) is 3.68. The van der Waals surface area contributed by atoms with E-state index in [4.69, 9.17) is 10.2 Å². The van der Waals surface area contributed by atoms with Crippen molar-refractivity contribution >= 4 is 28.5 Å². The Balaban J connectivity index is 1.78. The van der Waals surface area contributed by atoms with Gasteiger partial charge in [0.05, 0.1) is 5.75 Å². The first-order chi connectivity index (χ1) is 9.63. The van der Waals surface area contributed by atoms with Crippen LogP contribution in [0, 0.1) is 0 Å². The molecule has 0 radical (unpaired) electrons. The van der Waals surface area contributed by atoms with E-state index in [1.807, 2.05) is 16.8 Å². The van der Waals surface area contributed by atoms with E-state index in [1.165, 1.54) is 11.8 Å². The summed E-state index contributed by atoms with van der Waals surface area (Å²) in [6.07, 6.45) is 1.57. The van der Waals surface area contributed by atoms with Crippen molar-refractivity contribution in [3.05, 3.63) is 30.4 Å². The molecule has 3 rings (SSSR count). The molecule has 6 nitrogen and oxygen atoms in total. The van der Waals surface area contributed by atoms with E-state index in [-0.39, 0.29) is 6.04 Å². The van der Waals surface area contributed by atoms with Gasteiger partial charge in [0.15, 0.2) is 5.58 Å². The van der Waals surface area contributed by atoms with Crippen LogP contribution in [0.3, 0.4) is 0 Å². The van der Waals surface area contributed by atoms with E-state index in [1.54, 1.807) is 12.4 Å². The van der Waals surface area contributed by atoms with E-state index < -0.39 is 0 Å². The summed E-state index contributed by atoms with van der Waals surface area (Å²) in [7, 11) is 0. The Morgan fingerprint density at radius 3 is 3.05 bits per heavy atom. The van der Waals surface area contributed by atoms with Gasteiger partial charge in [0.1, 0.15) is 17.7 Å². The first-order valence-corrected chi connectivity index (χ1v) is 7.29. The number of anilines is 1. The molecule has 3 aromatic rings. The molecule has 2 aromatic heterocycles. The number of hydrogen-bond donors (Lipinski definition) is 1. The number of nitrogens with two attached hydrogens (primary N) is 1. The Labute approximate surface area is 120 Å². The third kappa shape index (κ3) is 2.49. The van der Waals surface area contributed by atoms with E-state index in [2.05, 4.69) is 28.9 Å². The average molecular weight is 289 g/mol. The fraction of sp³-hybridized carbons (Fsp3) is 0.308. The summed E-state index contributed by atoms with van der Waals surface area (Å²) in [4.78, 5) is 8.67. The Morgan fingerprint density at radius 1 is 1.40 bits per heavy atom. The summed E-state index contributed by atoms with van der Waals surface area (Å²) in [5.74, 6) is 1.58. The minimum atomic E-state index is 0.288. The first-order valence-electron chi connectivity index (χ1n) is 6.31. The average Bonchev–Trinajstić information content (AvgIpc) is 3.01. The lowest BCUT2D eigenvalue weighted by atomic mass is 10.3. The van der Waals surface area contributed by atoms with Crippen molar-refractivity contribution in [2.75, 3.05) is 5.73 Å². The molecule has 2 heterocycles. The molecular weight excluding hydrogens is 274 g/mol. The molecule has 0 aliphatic carbocycles. The molecule has 104 valence electrons. The van der Waals surface area contributed by atoms with E-state index >= 15 is 0 Å². The molecule has 0 spiro atoms. The van der Waals surface area contributed by atoms with Gasteiger partial charge in [0.2, 0.25) is 0 Å². The van der Waals surface area contributed by atoms with Gasteiger partial charge < -0.3 is 10.2 Å². The van der Waals surface area contributed by atoms with Gasteiger partial charge in [-0.05, 0) is 26.0 Å². The lowest BCUT2D eigenvalue weighted by molar-refractivity contribution is 0.487. The van der Waals surface area contributed by atoms with Gasteiger partial charge >= 0.3 is 0 Å². The number of benzene rings is 1. The van der Waals surface area contributed by atoms with Crippen LogP contribution in [0.4, 0.5) is 5.69 Å². The quantitative estimate of drug-likeness (QED) is 0.587. The van der Waals surface area contributed by atoms with Crippen molar-refractivity contribution in [3.8, 4) is 0 Å². The van der Waals surface area contributed by atoms with Gasteiger partial charge in [-0.2, -0.15) is 5.10 Å². The van der Waals surface area contributed by atoms with Gasteiger partial charge in [-0.1, -0.05) is 11.8 Å². The van der Waals surface area contributed by atoms with Gasteiger partial charge in [0, 0.05) is 17.8 Å². The molecule has 20 heavy (non-hydrogen) atoms. The fourth-order valence-corrected chi connectivity index (χ4v) is 2.69. The Bertz CT molecular complexity index is 733. The van der Waals surface area contributed by atoms with Crippen molar-refractivity contribution in [2.24, 2.45) is 0 Å². The van der Waals surface area contributed by atoms with Crippen molar-refractivity contribution < 1.29 is 4.42 Å². The highest BCUT2D eigenvalue weighted by molar-refractivity contribution is 7.98. The molecule has 2 N–H and O–H groups in total. The first kappa shape index (κ1) is 13.0. The predicted octanol–water partition coefficient (Wildman–Crippen LogP) is 2.87. The number of thioether (sulfide) groups is 1. The lowest BCUT2D eigenvalue weighted by Crippen LogP contribution is -2.07. The zero-order valence-electron chi connectivity index (χ0n) is 11.3. The van der Waals surface area contributed by atoms with Crippen LogP contribution in [0.5, 0.6) is 0 Å². The Hall–Kier alpha value is -2.02. The number of nitrogens with zero attached hydrogens (tertiary/aromatic N) is 4. The normalized spacial score (nSPS) is 11.6. The molecule has 7 heteroatoms. The molecule has 0 saturated carbocycles. The molecule has 1 aromatic carbocycles. The van der Waals surface area contributed by atoms with E-state index in [0.29, 0.717) is 22.2 Å². The third-order valence-electron chi connectivity index (χ3n) is 2.85. The molecule has 0 bridgehead atoms. The van der Waals surface area contributed by atoms with Crippen LogP contribution in [0.1, 0.15) is 25.7 Å². The molecule has 0 aliphatic rings. The maximum Gasteiger partial charge on any atom is 0.257 e. The highest BCUT2D eigenvalue weighted by Crippen LogP contribution is 2.27. The molecular formula is C13H15N5OS. The number of oxazole rings is 1. The van der Waals surface area contributed by atoms with Crippen molar-refractivity contribution in [1.29, 1.82) is 0 Å². The number of nitrogen functional groups attached to an aromatic ring is 1. The minimum Gasteiger partial charge on any atom is -0.431 e. The van der Waals surface area contributed by atoms with Gasteiger partial charge in [-0.25, -0.2) is 14.6 Å². The second-order valence-electron chi connectivity index (χ2n) is 4.71. The molecule has 0 saturated heterocycles. The highest BCUT2D eigenvalue weighted by atomic mass is 32.2. The monoisotopic (exact) mass is 289 g/mol. The zero-order chi connectivity index (χ0) is 14.1. The number of aromatic nitrogens is 4. The second kappa shape index (κ2) is 5.16. The summed E-state index contributed by atoms with van der Waals surface area (Å²) in [6.45, 7) is 4.15. The standard InChI is InChI=1S/C13H15N5OS/c1-8(2)18-12(15-7-16-18)6-20-13-17-10-4-3-9(14)5-11(10)19-13/h3-5,7-8H,6,14H2,1-2H3. The SMILES string of the molecule is CC(C)n1ncnc1CSc1nc2ccc(N)cc2o1. The predicted molar refractivity (Wildman–Crippen MR) is 78.4 cm³/mol. The second-order valence-corrected chi connectivity index (χ2v) is 5.64. The van der Waals surface area contributed by atoms with Crippen LogP contribution < -0.4 is 5.73 Å². The Kier molecular flexibility index (Phi) is 3.35. The van der Waals surface area contributed by atoms with Crippen LogP contribution >= 0.6 is 11.8 Å². The minimum absolute atomic E-state index is 0.288. The summed E-state index contributed by atoms with van der Waals surface area (Å²) in [6, 6.07) is 5.74. The highest BCUT2D eigenvalue weighted by Gasteiger charge is 2.11. The summed E-state index contributed by atoms with van der Waals surface area (Å²) in [5, 5.41) is 4.82. The molecule has 0 fully saturated rings. The maximum atomic E-state index is 5.72. The maximum absolute atomic E-state index is 5.72. The topological polar surface area (TPSA) is 82.8 Å². The number of hydrogen-bond acceptors (Lipinski definition) is 6. The molecule has 0 atom stereocenters. The van der Waals surface area contributed by atoms with Gasteiger partial charge in [-0.15, -0.1) is 0 Å². The van der Waals surface area contributed by atoms with Crippen LogP contribution in [-0.2, 0) is 5.75 Å². The summed E-state index contributed by atoms with van der Waals surface area (Å²) < 4.78 is 7.56. The number of fused-ring (bicyclic) bond motifs is 1. The lowest BCUT2D eigenvalue weighted by Gasteiger charge is -2.07. The van der Waals surface area contributed by atoms with Crippen molar-refractivity contribution in [1.82, 2.24) is 19.7 Å². The van der Waals surface area contributed by atoms with Crippen LogP contribution in [0.25, 0.3) is 11.1 Å². The Morgan fingerprint density at radius 2 is 2.25 bits per heavy atom. The largest absolute Gasteiger partial charge is 0.431 e. The van der Waals surface area contributed by atoms with Crippen LogP contribution in [-0.4, -0.2) is 19.7 Å². The molecule has 0 aliphatic heterocycles. The molecule has 0 unspecified atom stereocenters.